The van der Waals surface area contributed by atoms with Gasteiger partial charge in [0, 0.05) is 23.4 Å². The molecule has 8 heteroatoms. The molecule has 0 aliphatic heterocycles. The van der Waals surface area contributed by atoms with E-state index in [1.807, 2.05) is 45.0 Å². The number of aryl methyl sites for hydroxylation is 3. The molecule has 3 aromatic rings. The summed E-state index contributed by atoms with van der Waals surface area (Å²) in [5.41, 5.74) is 4.37. The van der Waals surface area contributed by atoms with E-state index in [-0.39, 0.29) is 13.2 Å². The molecule has 0 spiro atoms. The molecular formula is C24H32N4O4. The SMILES string of the molecule is CCc1cc(-c2noc(-c3cc(C)nc(NCC(C)C)c3)n2)cc(C)c1OC[C@@H](O)CO. The monoisotopic (exact) mass is 440 g/mol. The van der Waals surface area contributed by atoms with Gasteiger partial charge in [0.15, 0.2) is 0 Å². The summed E-state index contributed by atoms with van der Waals surface area (Å²) < 4.78 is 11.3. The molecule has 2 aromatic heterocycles. The Balaban J connectivity index is 1.87. The van der Waals surface area contributed by atoms with Crippen LogP contribution in [-0.2, 0) is 6.42 Å². The fourth-order valence-corrected chi connectivity index (χ4v) is 3.33. The van der Waals surface area contributed by atoms with Gasteiger partial charge >= 0.3 is 0 Å². The Labute approximate surface area is 188 Å². The Morgan fingerprint density at radius 1 is 1.09 bits per heavy atom. The molecule has 0 unspecified atom stereocenters. The number of aliphatic hydroxyl groups excluding tert-OH is 2. The lowest BCUT2D eigenvalue weighted by Crippen LogP contribution is -2.22. The van der Waals surface area contributed by atoms with E-state index in [2.05, 4.69) is 34.3 Å². The van der Waals surface area contributed by atoms with Crippen molar-refractivity contribution in [3.8, 4) is 28.6 Å². The predicted octanol–water partition coefficient (Wildman–Crippen LogP) is 3.78. The number of aromatic nitrogens is 3. The smallest absolute Gasteiger partial charge is 0.258 e. The van der Waals surface area contributed by atoms with E-state index in [1.165, 1.54) is 0 Å². The average molecular weight is 441 g/mol. The molecule has 0 radical (unpaired) electrons. The first kappa shape index (κ1) is 23.7. The highest BCUT2D eigenvalue weighted by Crippen LogP contribution is 2.31. The minimum Gasteiger partial charge on any atom is -0.490 e. The number of nitrogens with one attached hydrogen (secondary N) is 1. The van der Waals surface area contributed by atoms with Crippen molar-refractivity contribution in [3.05, 3.63) is 41.1 Å². The Morgan fingerprint density at radius 3 is 2.56 bits per heavy atom. The summed E-state index contributed by atoms with van der Waals surface area (Å²) in [7, 11) is 0. The van der Waals surface area contributed by atoms with E-state index in [1.54, 1.807) is 0 Å². The third-order valence-electron chi connectivity index (χ3n) is 4.94. The van der Waals surface area contributed by atoms with Gasteiger partial charge in [-0.3, -0.25) is 0 Å². The molecule has 0 amide bonds. The van der Waals surface area contributed by atoms with Crippen LogP contribution in [0, 0.1) is 19.8 Å². The fourth-order valence-electron chi connectivity index (χ4n) is 3.33. The minimum atomic E-state index is -0.915. The normalized spacial score (nSPS) is 12.2. The van der Waals surface area contributed by atoms with Crippen LogP contribution >= 0.6 is 0 Å². The summed E-state index contributed by atoms with van der Waals surface area (Å²) in [5, 5.41) is 26.1. The van der Waals surface area contributed by atoms with Crippen LogP contribution < -0.4 is 10.1 Å². The molecule has 172 valence electrons. The summed E-state index contributed by atoms with van der Waals surface area (Å²) in [6.45, 7) is 10.7. The number of ether oxygens (including phenoxy) is 1. The molecule has 0 saturated heterocycles. The van der Waals surface area contributed by atoms with E-state index in [0.717, 1.165) is 46.7 Å². The van der Waals surface area contributed by atoms with Gasteiger partial charge in [0.2, 0.25) is 5.82 Å². The Kier molecular flexibility index (Phi) is 7.82. The lowest BCUT2D eigenvalue weighted by atomic mass is 10.0. The van der Waals surface area contributed by atoms with Gasteiger partial charge in [-0.1, -0.05) is 25.9 Å². The number of benzene rings is 1. The van der Waals surface area contributed by atoms with Crippen molar-refractivity contribution >= 4 is 5.82 Å². The van der Waals surface area contributed by atoms with Crippen LogP contribution in [0.5, 0.6) is 5.75 Å². The maximum atomic E-state index is 9.60. The molecular weight excluding hydrogens is 408 g/mol. The van der Waals surface area contributed by atoms with Crippen LogP contribution in [0.25, 0.3) is 22.8 Å². The van der Waals surface area contributed by atoms with E-state index in [9.17, 15) is 5.11 Å². The molecule has 1 atom stereocenters. The summed E-state index contributed by atoms with van der Waals surface area (Å²) in [6.07, 6.45) is -0.180. The number of pyridine rings is 1. The van der Waals surface area contributed by atoms with Crippen molar-refractivity contribution in [1.29, 1.82) is 0 Å². The zero-order chi connectivity index (χ0) is 23.3. The number of hydrogen-bond donors (Lipinski definition) is 3. The third-order valence-corrected chi connectivity index (χ3v) is 4.94. The first-order chi connectivity index (χ1) is 15.3. The second-order valence-corrected chi connectivity index (χ2v) is 8.36. The van der Waals surface area contributed by atoms with Crippen molar-refractivity contribution in [2.75, 3.05) is 25.1 Å². The largest absolute Gasteiger partial charge is 0.490 e. The quantitative estimate of drug-likeness (QED) is 0.436. The van der Waals surface area contributed by atoms with Gasteiger partial charge in [0.25, 0.3) is 5.89 Å². The third kappa shape index (κ3) is 5.83. The first-order valence-electron chi connectivity index (χ1n) is 10.9. The molecule has 2 heterocycles. The van der Waals surface area contributed by atoms with Crippen molar-refractivity contribution in [1.82, 2.24) is 15.1 Å². The lowest BCUT2D eigenvalue weighted by Gasteiger charge is -2.16. The summed E-state index contributed by atoms with van der Waals surface area (Å²) >= 11 is 0. The van der Waals surface area contributed by atoms with Gasteiger partial charge in [-0.15, -0.1) is 0 Å². The van der Waals surface area contributed by atoms with Crippen LogP contribution in [0.3, 0.4) is 0 Å². The van der Waals surface area contributed by atoms with Crippen molar-refractivity contribution in [3.63, 3.8) is 0 Å². The van der Waals surface area contributed by atoms with E-state index < -0.39 is 6.10 Å². The van der Waals surface area contributed by atoms with Gasteiger partial charge in [-0.2, -0.15) is 4.98 Å². The van der Waals surface area contributed by atoms with Crippen molar-refractivity contribution in [2.45, 2.75) is 47.1 Å². The van der Waals surface area contributed by atoms with Crippen LogP contribution in [0.4, 0.5) is 5.82 Å². The highest BCUT2D eigenvalue weighted by atomic mass is 16.5. The number of aliphatic hydroxyl groups is 2. The van der Waals surface area contributed by atoms with Crippen LogP contribution in [0.2, 0.25) is 0 Å². The molecule has 1 aromatic carbocycles. The molecule has 3 N–H and O–H groups in total. The number of nitrogens with zero attached hydrogens (tertiary/aromatic N) is 3. The van der Waals surface area contributed by atoms with Crippen LogP contribution in [0.1, 0.15) is 37.6 Å². The molecule has 0 aliphatic rings. The van der Waals surface area contributed by atoms with Gasteiger partial charge in [-0.25, -0.2) is 4.98 Å². The van der Waals surface area contributed by atoms with Crippen LogP contribution in [0.15, 0.2) is 28.8 Å². The van der Waals surface area contributed by atoms with Crippen molar-refractivity contribution < 1.29 is 19.5 Å². The number of anilines is 1. The number of rotatable bonds is 10. The molecule has 0 aliphatic carbocycles. The van der Waals surface area contributed by atoms with Gasteiger partial charge in [-0.05, 0) is 61.6 Å². The predicted molar refractivity (Wildman–Crippen MR) is 124 cm³/mol. The minimum absolute atomic E-state index is 0.0324. The Bertz CT molecular complexity index is 1050. The van der Waals surface area contributed by atoms with E-state index >= 15 is 0 Å². The zero-order valence-corrected chi connectivity index (χ0v) is 19.3. The van der Waals surface area contributed by atoms with Crippen molar-refractivity contribution in [2.24, 2.45) is 5.92 Å². The molecule has 0 fully saturated rings. The van der Waals surface area contributed by atoms with E-state index in [4.69, 9.17) is 14.4 Å². The maximum absolute atomic E-state index is 9.60. The highest BCUT2D eigenvalue weighted by molar-refractivity contribution is 5.65. The maximum Gasteiger partial charge on any atom is 0.258 e. The second kappa shape index (κ2) is 10.6. The molecule has 3 rings (SSSR count). The van der Waals surface area contributed by atoms with Gasteiger partial charge < -0.3 is 24.8 Å². The fraction of sp³-hybridized carbons (Fsp3) is 0.458. The highest BCUT2D eigenvalue weighted by Gasteiger charge is 2.17. The molecule has 32 heavy (non-hydrogen) atoms. The topological polar surface area (TPSA) is 114 Å². The summed E-state index contributed by atoms with van der Waals surface area (Å²) in [6, 6.07) is 7.74. The van der Waals surface area contributed by atoms with Crippen LogP contribution in [-0.4, -0.2) is 51.2 Å². The molecule has 8 nitrogen and oxygen atoms in total. The summed E-state index contributed by atoms with van der Waals surface area (Å²) in [4.78, 5) is 9.14. The standard InChI is InChI=1S/C24H32N4O4/c1-6-17-9-18(7-15(4)22(17)31-13-20(30)12-29)23-27-24(32-28-23)19-8-16(5)26-21(10-19)25-11-14(2)3/h7-10,14,20,29-30H,6,11-13H2,1-5H3,(H,25,26)/t20-/m0/s1. The average Bonchev–Trinajstić information content (AvgIpc) is 3.26. The number of hydrogen-bond acceptors (Lipinski definition) is 8. The second-order valence-electron chi connectivity index (χ2n) is 8.36. The van der Waals surface area contributed by atoms with Gasteiger partial charge in [0.05, 0.1) is 6.61 Å². The molecule has 0 bridgehead atoms. The van der Waals surface area contributed by atoms with E-state index in [0.29, 0.717) is 23.4 Å². The Hall–Kier alpha value is -2.97. The van der Waals surface area contributed by atoms with Gasteiger partial charge in [0.1, 0.15) is 24.3 Å². The molecule has 0 saturated carbocycles. The lowest BCUT2D eigenvalue weighted by molar-refractivity contribution is 0.0531. The Morgan fingerprint density at radius 2 is 1.88 bits per heavy atom. The first-order valence-corrected chi connectivity index (χ1v) is 10.9. The summed E-state index contributed by atoms with van der Waals surface area (Å²) in [5.74, 6) is 2.92. The zero-order valence-electron chi connectivity index (χ0n) is 19.3.